The van der Waals surface area contributed by atoms with Gasteiger partial charge < -0.3 is 15.4 Å². The smallest absolute Gasteiger partial charge is 0.232 e. The van der Waals surface area contributed by atoms with E-state index in [0.717, 1.165) is 25.9 Å². The minimum atomic E-state index is -0.501. The van der Waals surface area contributed by atoms with Crippen LogP contribution in [0.4, 0.5) is 0 Å². The SMILES string of the molecule is CC1(C(=O)N2CCCCCCC2)COCC1N. The monoisotopic (exact) mass is 240 g/mol. The maximum Gasteiger partial charge on any atom is 0.232 e. The van der Waals surface area contributed by atoms with Gasteiger partial charge in [0.05, 0.1) is 18.6 Å². The van der Waals surface area contributed by atoms with E-state index in [1.165, 1.54) is 19.3 Å². The minimum absolute atomic E-state index is 0.152. The van der Waals surface area contributed by atoms with Crippen LogP contribution in [-0.4, -0.2) is 43.2 Å². The Morgan fingerprint density at radius 3 is 2.35 bits per heavy atom. The molecule has 2 atom stereocenters. The third kappa shape index (κ3) is 2.63. The average molecular weight is 240 g/mol. The molecule has 2 unspecified atom stereocenters. The van der Waals surface area contributed by atoms with Gasteiger partial charge in [0.2, 0.25) is 5.91 Å². The average Bonchev–Trinajstić information content (AvgIpc) is 2.59. The maximum absolute atomic E-state index is 12.6. The summed E-state index contributed by atoms with van der Waals surface area (Å²) < 4.78 is 5.37. The Kier molecular flexibility index (Phi) is 4.05. The molecule has 2 rings (SSSR count). The molecule has 2 heterocycles. The van der Waals surface area contributed by atoms with Crippen molar-refractivity contribution in [2.45, 2.75) is 45.1 Å². The Morgan fingerprint density at radius 2 is 1.82 bits per heavy atom. The van der Waals surface area contributed by atoms with Crippen LogP contribution in [0.1, 0.15) is 39.0 Å². The summed E-state index contributed by atoms with van der Waals surface area (Å²) in [6.07, 6.45) is 6.03. The highest BCUT2D eigenvalue weighted by Crippen LogP contribution is 2.30. The van der Waals surface area contributed by atoms with Gasteiger partial charge in [0, 0.05) is 19.1 Å². The van der Waals surface area contributed by atoms with Crippen molar-refractivity contribution in [3.8, 4) is 0 Å². The van der Waals surface area contributed by atoms with Crippen LogP contribution in [0.5, 0.6) is 0 Å². The van der Waals surface area contributed by atoms with Gasteiger partial charge in [0.15, 0.2) is 0 Å². The Labute approximate surface area is 103 Å². The van der Waals surface area contributed by atoms with Crippen molar-refractivity contribution in [1.29, 1.82) is 0 Å². The van der Waals surface area contributed by atoms with Crippen LogP contribution >= 0.6 is 0 Å². The number of nitrogens with zero attached hydrogens (tertiary/aromatic N) is 1. The molecule has 0 aromatic heterocycles. The summed E-state index contributed by atoms with van der Waals surface area (Å²) in [7, 11) is 0. The van der Waals surface area contributed by atoms with E-state index in [1.807, 2.05) is 11.8 Å². The molecule has 0 radical (unpaired) electrons. The predicted octanol–water partition coefficient (Wildman–Crippen LogP) is 1.14. The lowest BCUT2D eigenvalue weighted by Crippen LogP contribution is -2.52. The number of nitrogens with two attached hydrogens (primary N) is 1. The standard InChI is InChI=1S/C13H24N2O2/c1-13(10-17-9-11(13)14)12(16)15-7-5-3-2-4-6-8-15/h11H,2-10,14H2,1H3. The summed E-state index contributed by atoms with van der Waals surface area (Å²) in [4.78, 5) is 14.6. The van der Waals surface area contributed by atoms with Crippen molar-refractivity contribution in [1.82, 2.24) is 4.90 Å². The van der Waals surface area contributed by atoms with Crippen molar-refractivity contribution in [2.24, 2.45) is 11.1 Å². The summed E-state index contributed by atoms with van der Waals surface area (Å²) >= 11 is 0. The second-order valence-electron chi connectivity index (χ2n) is 5.60. The second-order valence-corrected chi connectivity index (χ2v) is 5.60. The van der Waals surface area contributed by atoms with Gasteiger partial charge in [-0.25, -0.2) is 0 Å². The highest BCUT2D eigenvalue weighted by molar-refractivity contribution is 5.83. The predicted molar refractivity (Wildman–Crippen MR) is 66.6 cm³/mol. The van der Waals surface area contributed by atoms with Crippen LogP contribution in [0.2, 0.25) is 0 Å². The fourth-order valence-electron chi connectivity index (χ4n) is 2.72. The quantitative estimate of drug-likeness (QED) is 0.748. The van der Waals surface area contributed by atoms with E-state index in [4.69, 9.17) is 10.5 Å². The Morgan fingerprint density at radius 1 is 1.24 bits per heavy atom. The number of amides is 1. The van der Waals surface area contributed by atoms with Gasteiger partial charge in [0.1, 0.15) is 0 Å². The third-order valence-electron chi connectivity index (χ3n) is 4.15. The largest absolute Gasteiger partial charge is 0.379 e. The molecule has 2 fully saturated rings. The van der Waals surface area contributed by atoms with Gasteiger partial charge in [-0.3, -0.25) is 4.79 Å². The Hall–Kier alpha value is -0.610. The number of likely N-dealkylation sites (tertiary alicyclic amines) is 1. The first kappa shape index (κ1) is 12.8. The number of rotatable bonds is 1. The molecule has 4 nitrogen and oxygen atoms in total. The fraction of sp³-hybridized carbons (Fsp3) is 0.923. The van der Waals surface area contributed by atoms with E-state index in [-0.39, 0.29) is 11.9 Å². The molecule has 0 spiro atoms. The second kappa shape index (κ2) is 5.36. The number of carbonyl (C=O) groups is 1. The molecule has 98 valence electrons. The van der Waals surface area contributed by atoms with Crippen LogP contribution in [0.3, 0.4) is 0 Å². The Bertz CT molecular complexity index is 275. The summed E-state index contributed by atoms with van der Waals surface area (Å²) in [5.41, 5.74) is 5.52. The molecule has 0 aromatic carbocycles. The fourth-order valence-corrected chi connectivity index (χ4v) is 2.72. The van der Waals surface area contributed by atoms with Crippen molar-refractivity contribution < 1.29 is 9.53 Å². The van der Waals surface area contributed by atoms with Gasteiger partial charge in [-0.1, -0.05) is 19.3 Å². The lowest BCUT2D eigenvalue weighted by molar-refractivity contribution is -0.142. The van der Waals surface area contributed by atoms with Gasteiger partial charge in [-0.05, 0) is 19.8 Å². The van der Waals surface area contributed by atoms with E-state index in [0.29, 0.717) is 13.2 Å². The molecule has 0 bridgehead atoms. The zero-order valence-electron chi connectivity index (χ0n) is 10.8. The normalized spacial score (nSPS) is 35.4. The molecule has 1 amide bonds. The highest BCUT2D eigenvalue weighted by atomic mass is 16.5. The minimum Gasteiger partial charge on any atom is -0.379 e. The van der Waals surface area contributed by atoms with Crippen LogP contribution in [0, 0.1) is 5.41 Å². The van der Waals surface area contributed by atoms with Crippen molar-refractivity contribution in [3.63, 3.8) is 0 Å². The van der Waals surface area contributed by atoms with Crippen molar-refractivity contribution in [3.05, 3.63) is 0 Å². The van der Waals surface area contributed by atoms with Crippen molar-refractivity contribution >= 4 is 5.91 Å². The molecule has 0 aromatic rings. The molecule has 0 aliphatic carbocycles. The maximum atomic E-state index is 12.6. The molecule has 2 N–H and O–H groups in total. The van der Waals surface area contributed by atoms with Crippen molar-refractivity contribution in [2.75, 3.05) is 26.3 Å². The van der Waals surface area contributed by atoms with Gasteiger partial charge >= 0.3 is 0 Å². The number of ether oxygens (including phenoxy) is 1. The number of hydrogen-bond acceptors (Lipinski definition) is 3. The van der Waals surface area contributed by atoms with E-state index in [1.54, 1.807) is 0 Å². The van der Waals surface area contributed by atoms with Gasteiger partial charge in [-0.2, -0.15) is 0 Å². The highest BCUT2D eigenvalue weighted by Gasteiger charge is 2.46. The van der Waals surface area contributed by atoms with Gasteiger partial charge in [-0.15, -0.1) is 0 Å². The summed E-state index contributed by atoms with van der Waals surface area (Å²) in [6.45, 7) is 4.72. The van der Waals surface area contributed by atoms with E-state index in [2.05, 4.69) is 0 Å². The molecule has 17 heavy (non-hydrogen) atoms. The zero-order valence-corrected chi connectivity index (χ0v) is 10.8. The summed E-state index contributed by atoms with van der Waals surface area (Å²) in [5, 5.41) is 0. The molecule has 2 aliphatic heterocycles. The lowest BCUT2D eigenvalue weighted by atomic mass is 9.84. The zero-order chi connectivity index (χ0) is 12.3. The first-order chi connectivity index (χ1) is 8.14. The molecular formula is C13H24N2O2. The van der Waals surface area contributed by atoms with Gasteiger partial charge in [0.25, 0.3) is 0 Å². The molecular weight excluding hydrogens is 216 g/mol. The topological polar surface area (TPSA) is 55.6 Å². The number of hydrogen-bond donors (Lipinski definition) is 1. The molecule has 4 heteroatoms. The third-order valence-corrected chi connectivity index (χ3v) is 4.15. The first-order valence-electron chi connectivity index (χ1n) is 6.77. The van der Waals surface area contributed by atoms with Crippen LogP contribution in [0.25, 0.3) is 0 Å². The van der Waals surface area contributed by atoms with Crippen LogP contribution in [0.15, 0.2) is 0 Å². The van der Waals surface area contributed by atoms with E-state index < -0.39 is 5.41 Å². The first-order valence-corrected chi connectivity index (χ1v) is 6.77. The summed E-state index contributed by atoms with van der Waals surface area (Å²) in [6, 6.07) is -0.152. The number of carbonyl (C=O) groups excluding carboxylic acids is 1. The molecule has 2 aliphatic rings. The van der Waals surface area contributed by atoms with E-state index in [9.17, 15) is 4.79 Å². The molecule has 0 saturated carbocycles. The van der Waals surface area contributed by atoms with Crippen LogP contribution in [-0.2, 0) is 9.53 Å². The van der Waals surface area contributed by atoms with E-state index >= 15 is 0 Å². The summed E-state index contributed by atoms with van der Waals surface area (Å²) in [5.74, 6) is 0.199. The Balaban J connectivity index is 2.01. The van der Waals surface area contributed by atoms with Crippen LogP contribution < -0.4 is 5.73 Å². The lowest BCUT2D eigenvalue weighted by Gasteiger charge is -2.34. The molecule has 2 saturated heterocycles.